The van der Waals surface area contributed by atoms with Crippen molar-refractivity contribution in [3.8, 4) is 0 Å². The second-order valence-electron chi connectivity index (χ2n) is 5.48. The van der Waals surface area contributed by atoms with Crippen molar-refractivity contribution in [1.82, 2.24) is 10.3 Å². The molecule has 2 aromatic rings. The van der Waals surface area contributed by atoms with Gasteiger partial charge in [-0.15, -0.1) is 0 Å². The van der Waals surface area contributed by atoms with Crippen LogP contribution in [0.2, 0.25) is 0 Å². The third-order valence-electron chi connectivity index (χ3n) is 2.66. The lowest BCUT2D eigenvalue weighted by molar-refractivity contribution is -0.122. The van der Waals surface area contributed by atoms with Gasteiger partial charge >= 0.3 is 0 Å². The fraction of sp³-hybridized carbons (Fsp3) is 0.429. The normalized spacial score (nSPS) is 11.8. The molecule has 0 radical (unpaired) electrons. The van der Waals surface area contributed by atoms with E-state index in [2.05, 4.69) is 10.3 Å². The number of nitrogens with one attached hydrogen (secondary N) is 1. The Balaban J connectivity index is 1.99. The van der Waals surface area contributed by atoms with Gasteiger partial charge in [0, 0.05) is 25.4 Å². The van der Waals surface area contributed by atoms with E-state index in [1.165, 1.54) is 0 Å². The van der Waals surface area contributed by atoms with Crippen LogP contribution in [-0.4, -0.2) is 16.4 Å². The number of amides is 1. The lowest BCUT2D eigenvalue weighted by atomic mass is 10.0. The summed E-state index contributed by atoms with van der Waals surface area (Å²) >= 11 is 0. The summed E-state index contributed by atoms with van der Waals surface area (Å²) < 4.78 is 5.40. The topological polar surface area (TPSA) is 81.2 Å². The van der Waals surface area contributed by atoms with Crippen molar-refractivity contribution in [3.05, 3.63) is 29.7 Å². The van der Waals surface area contributed by atoms with Gasteiger partial charge in [-0.05, 0) is 31.5 Å². The summed E-state index contributed by atoms with van der Waals surface area (Å²) in [5, 5.41) is 2.85. The summed E-state index contributed by atoms with van der Waals surface area (Å²) in [6, 6.07) is 5.70. The zero-order valence-corrected chi connectivity index (χ0v) is 11.5. The molecule has 1 amide bonds. The van der Waals surface area contributed by atoms with Gasteiger partial charge in [0.15, 0.2) is 11.5 Å². The standard InChI is InChI=1S/C14H19N3O2/c1-9-17-11-6-10(4-5-12(11)19-9)8-16-13(18)7-14(2,3)15/h4-6H,7-8,15H2,1-3H3,(H,16,18). The number of carbonyl (C=O) groups is 1. The van der Waals surface area contributed by atoms with E-state index in [9.17, 15) is 4.79 Å². The van der Waals surface area contributed by atoms with Gasteiger partial charge in [-0.25, -0.2) is 4.98 Å². The summed E-state index contributed by atoms with van der Waals surface area (Å²) in [6.07, 6.45) is 0.304. The third-order valence-corrected chi connectivity index (χ3v) is 2.66. The predicted octanol–water partition coefficient (Wildman–Crippen LogP) is 1.88. The number of hydrogen-bond acceptors (Lipinski definition) is 4. The maximum absolute atomic E-state index is 11.7. The molecule has 1 aromatic carbocycles. The highest BCUT2D eigenvalue weighted by Gasteiger charge is 2.15. The van der Waals surface area contributed by atoms with E-state index in [0.717, 1.165) is 16.7 Å². The van der Waals surface area contributed by atoms with Crippen molar-refractivity contribution >= 4 is 17.0 Å². The molecule has 2 rings (SSSR count). The molecule has 0 spiro atoms. The molecule has 0 aliphatic carbocycles. The van der Waals surface area contributed by atoms with Crippen LogP contribution in [0.4, 0.5) is 0 Å². The Morgan fingerprint density at radius 3 is 2.89 bits per heavy atom. The maximum atomic E-state index is 11.7. The largest absolute Gasteiger partial charge is 0.441 e. The average molecular weight is 261 g/mol. The number of aryl methyl sites for hydroxylation is 1. The first-order valence-electron chi connectivity index (χ1n) is 6.25. The lowest BCUT2D eigenvalue weighted by Crippen LogP contribution is -2.38. The van der Waals surface area contributed by atoms with Gasteiger partial charge in [-0.3, -0.25) is 4.79 Å². The second-order valence-corrected chi connectivity index (χ2v) is 5.48. The minimum Gasteiger partial charge on any atom is -0.441 e. The molecule has 1 heterocycles. The van der Waals surface area contributed by atoms with E-state index in [1.807, 2.05) is 39.0 Å². The molecule has 1 aromatic heterocycles. The first-order valence-corrected chi connectivity index (χ1v) is 6.25. The molecule has 3 N–H and O–H groups in total. The van der Waals surface area contributed by atoms with Gasteiger partial charge < -0.3 is 15.5 Å². The Hall–Kier alpha value is -1.88. The van der Waals surface area contributed by atoms with E-state index in [4.69, 9.17) is 10.2 Å². The first-order chi connectivity index (χ1) is 8.83. The molecule has 0 saturated heterocycles. The summed E-state index contributed by atoms with van der Waals surface area (Å²) in [7, 11) is 0. The minimum atomic E-state index is -0.489. The van der Waals surface area contributed by atoms with Crippen LogP contribution >= 0.6 is 0 Å². The molecule has 0 atom stereocenters. The Bertz CT molecular complexity index is 596. The molecule has 102 valence electrons. The van der Waals surface area contributed by atoms with Crippen molar-refractivity contribution in [2.24, 2.45) is 5.73 Å². The molecule has 5 heteroatoms. The van der Waals surface area contributed by atoms with Crippen molar-refractivity contribution in [2.75, 3.05) is 0 Å². The second kappa shape index (κ2) is 5.01. The number of carbonyl (C=O) groups excluding carboxylic acids is 1. The number of hydrogen-bond donors (Lipinski definition) is 2. The molecule has 0 fully saturated rings. The van der Waals surface area contributed by atoms with Gasteiger partial charge in [0.2, 0.25) is 5.91 Å². The van der Waals surface area contributed by atoms with E-state index in [-0.39, 0.29) is 5.91 Å². The molecule has 19 heavy (non-hydrogen) atoms. The number of nitrogens with two attached hydrogens (primary N) is 1. The van der Waals surface area contributed by atoms with Crippen LogP contribution < -0.4 is 11.1 Å². The fourth-order valence-corrected chi connectivity index (χ4v) is 1.88. The van der Waals surface area contributed by atoms with Crippen LogP contribution in [0.1, 0.15) is 31.7 Å². The zero-order chi connectivity index (χ0) is 14.0. The van der Waals surface area contributed by atoms with Gasteiger partial charge in [-0.2, -0.15) is 0 Å². The third kappa shape index (κ3) is 3.79. The fourth-order valence-electron chi connectivity index (χ4n) is 1.88. The van der Waals surface area contributed by atoms with E-state index >= 15 is 0 Å². The Morgan fingerprint density at radius 2 is 2.21 bits per heavy atom. The molecule has 0 unspecified atom stereocenters. The summed E-state index contributed by atoms with van der Waals surface area (Å²) in [6.45, 7) is 5.94. The van der Waals surface area contributed by atoms with E-state index < -0.39 is 5.54 Å². The maximum Gasteiger partial charge on any atom is 0.222 e. The summed E-state index contributed by atoms with van der Waals surface area (Å²) in [5.74, 6) is 0.588. The van der Waals surface area contributed by atoms with Crippen LogP contribution in [0.5, 0.6) is 0 Å². The molecule has 0 saturated carbocycles. The Kier molecular flexibility index (Phi) is 3.57. The SMILES string of the molecule is Cc1nc2cc(CNC(=O)CC(C)(C)N)ccc2o1. The Labute approximate surface area is 112 Å². The number of oxazole rings is 1. The van der Waals surface area contributed by atoms with E-state index in [0.29, 0.717) is 18.9 Å². The average Bonchev–Trinajstić information content (AvgIpc) is 2.63. The lowest BCUT2D eigenvalue weighted by Gasteiger charge is -2.17. The number of aromatic nitrogens is 1. The van der Waals surface area contributed by atoms with Gasteiger partial charge in [-0.1, -0.05) is 6.07 Å². The van der Waals surface area contributed by atoms with Gasteiger partial charge in [0.25, 0.3) is 0 Å². The molecular formula is C14H19N3O2. The number of fused-ring (bicyclic) bond motifs is 1. The van der Waals surface area contributed by atoms with Gasteiger partial charge in [0.05, 0.1) is 0 Å². The van der Waals surface area contributed by atoms with Crippen LogP contribution in [0.3, 0.4) is 0 Å². The van der Waals surface area contributed by atoms with Gasteiger partial charge in [0.1, 0.15) is 5.52 Å². The predicted molar refractivity (Wildman–Crippen MR) is 73.5 cm³/mol. The Morgan fingerprint density at radius 1 is 1.47 bits per heavy atom. The quantitative estimate of drug-likeness (QED) is 0.880. The number of benzene rings is 1. The molecule has 0 aliphatic heterocycles. The van der Waals surface area contributed by atoms with Crippen molar-refractivity contribution in [1.29, 1.82) is 0 Å². The van der Waals surface area contributed by atoms with Crippen LogP contribution in [0.15, 0.2) is 22.6 Å². The minimum absolute atomic E-state index is 0.0519. The highest BCUT2D eigenvalue weighted by atomic mass is 16.3. The molecule has 0 aliphatic rings. The zero-order valence-electron chi connectivity index (χ0n) is 11.5. The smallest absolute Gasteiger partial charge is 0.222 e. The first kappa shape index (κ1) is 13.5. The van der Waals surface area contributed by atoms with Crippen molar-refractivity contribution < 1.29 is 9.21 Å². The molecular weight excluding hydrogens is 242 g/mol. The van der Waals surface area contributed by atoms with Crippen molar-refractivity contribution in [2.45, 2.75) is 39.3 Å². The summed E-state index contributed by atoms with van der Waals surface area (Å²) in [5.41, 5.74) is 7.87. The monoisotopic (exact) mass is 261 g/mol. The van der Waals surface area contributed by atoms with Crippen LogP contribution in [-0.2, 0) is 11.3 Å². The number of nitrogens with zero attached hydrogens (tertiary/aromatic N) is 1. The van der Waals surface area contributed by atoms with E-state index in [1.54, 1.807) is 0 Å². The number of rotatable bonds is 4. The molecule has 5 nitrogen and oxygen atoms in total. The molecule has 0 bridgehead atoms. The summed E-state index contributed by atoms with van der Waals surface area (Å²) in [4.78, 5) is 15.9. The highest BCUT2D eigenvalue weighted by molar-refractivity contribution is 5.77. The highest BCUT2D eigenvalue weighted by Crippen LogP contribution is 2.16. The van der Waals surface area contributed by atoms with Crippen LogP contribution in [0.25, 0.3) is 11.1 Å². The van der Waals surface area contributed by atoms with Crippen molar-refractivity contribution in [3.63, 3.8) is 0 Å². The van der Waals surface area contributed by atoms with Crippen LogP contribution in [0, 0.1) is 6.92 Å².